The molecule has 0 aliphatic heterocycles. The normalized spacial score (nSPS) is 12.1. The molecule has 1 rings (SSSR count). The topological polar surface area (TPSA) is 88.8 Å². The zero-order valence-electron chi connectivity index (χ0n) is 9.51. The minimum absolute atomic E-state index is 0.1000. The molecule has 94 valence electrons. The van der Waals surface area contributed by atoms with Crippen LogP contribution in [0.25, 0.3) is 0 Å². The van der Waals surface area contributed by atoms with Gasteiger partial charge in [0.05, 0.1) is 6.26 Å². The maximum absolute atomic E-state index is 11.6. The molecule has 0 fully saturated rings. The van der Waals surface area contributed by atoms with Gasteiger partial charge in [-0.05, 0) is 25.0 Å². The molecule has 1 atom stereocenters. The van der Waals surface area contributed by atoms with Gasteiger partial charge in [-0.1, -0.05) is 0 Å². The Morgan fingerprint density at radius 1 is 1.59 bits per heavy atom. The summed E-state index contributed by atoms with van der Waals surface area (Å²) in [7, 11) is 1.54. The summed E-state index contributed by atoms with van der Waals surface area (Å²) in [6.45, 7) is 0.459. The van der Waals surface area contributed by atoms with Crippen LogP contribution in [-0.2, 0) is 9.53 Å². The summed E-state index contributed by atoms with van der Waals surface area (Å²) in [5.74, 6) is -1.50. The summed E-state index contributed by atoms with van der Waals surface area (Å²) in [5.41, 5.74) is 0. The lowest BCUT2D eigenvalue weighted by molar-refractivity contribution is -0.139. The predicted octanol–water partition coefficient (Wildman–Crippen LogP) is 0.889. The summed E-state index contributed by atoms with van der Waals surface area (Å²) in [6, 6.07) is 2.11. The fraction of sp³-hybridized carbons (Fsp3) is 0.455. The van der Waals surface area contributed by atoms with Gasteiger partial charge in [0.1, 0.15) is 6.04 Å². The van der Waals surface area contributed by atoms with Crippen molar-refractivity contribution in [3.8, 4) is 0 Å². The molecule has 0 bridgehead atoms. The van der Waals surface area contributed by atoms with E-state index in [1.807, 2.05) is 0 Å². The first-order valence-corrected chi connectivity index (χ1v) is 5.21. The Balaban J connectivity index is 2.49. The number of carboxylic acid groups (broad SMARTS) is 1. The highest BCUT2D eigenvalue weighted by Gasteiger charge is 2.21. The lowest BCUT2D eigenvalue weighted by Gasteiger charge is -2.13. The van der Waals surface area contributed by atoms with E-state index in [1.54, 1.807) is 6.07 Å². The highest BCUT2D eigenvalue weighted by Crippen LogP contribution is 2.03. The molecule has 0 saturated carbocycles. The fourth-order valence-electron chi connectivity index (χ4n) is 1.33. The first kappa shape index (κ1) is 13.2. The van der Waals surface area contributed by atoms with E-state index in [1.165, 1.54) is 19.4 Å². The van der Waals surface area contributed by atoms with Gasteiger partial charge >= 0.3 is 5.97 Å². The van der Waals surface area contributed by atoms with Crippen molar-refractivity contribution in [2.75, 3.05) is 13.7 Å². The van der Waals surface area contributed by atoms with Gasteiger partial charge in [-0.3, -0.25) is 4.79 Å². The molecule has 1 aromatic heterocycles. The van der Waals surface area contributed by atoms with Crippen molar-refractivity contribution in [2.45, 2.75) is 18.9 Å². The molecular formula is C11H15NO5. The van der Waals surface area contributed by atoms with Gasteiger partial charge < -0.3 is 19.6 Å². The standard InChI is InChI=1S/C11H15NO5/c1-16-6-2-4-8(11(14)15)12-10(13)9-5-3-7-17-9/h3,5,7-8H,2,4,6H2,1H3,(H,12,13)(H,14,15). The largest absolute Gasteiger partial charge is 0.480 e. The lowest BCUT2D eigenvalue weighted by Crippen LogP contribution is -2.40. The van der Waals surface area contributed by atoms with Crippen LogP contribution >= 0.6 is 0 Å². The molecule has 0 saturated heterocycles. The first-order valence-electron chi connectivity index (χ1n) is 5.21. The van der Waals surface area contributed by atoms with Crippen LogP contribution in [0.4, 0.5) is 0 Å². The average molecular weight is 241 g/mol. The van der Waals surface area contributed by atoms with Crippen molar-refractivity contribution in [3.05, 3.63) is 24.2 Å². The molecule has 6 nitrogen and oxygen atoms in total. The van der Waals surface area contributed by atoms with Gasteiger partial charge in [-0.2, -0.15) is 0 Å². The van der Waals surface area contributed by atoms with E-state index in [0.717, 1.165) is 0 Å². The van der Waals surface area contributed by atoms with E-state index >= 15 is 0 Å². The number of carbonyl (C=O) groups excluding carboxylic acids is 1. The molecule has 0 radical (unpaired) electrons. The van der Waals surface area contributed by atoms with Gasteiger partial charge in [0.15, 0.2) is 5.76 Å². The number of aliphatic carboxylic acids is 1. The summed E-state index contributed by atoms with van der Waals surface area (Å²) in [4.78, 5) is 22.5. The molecule has 0 spiro atoms. The van der Waals surface area contributed by atoms with E-state index in [9.17, 15) is 9.59 Å². The smallest absolute Gasteiger partial charge is 0.326 e. The quantitative estimate of drug-likeness (QED) is 0.692. The summed E-state index contributed by atoms with van der Waals surface area (Å²) in [5, 5.41) is 11.3. The van der Waals surface area contributed by atoms with E-state index < -0.39 is 17.9 Å². The van der Waals surface area contributed by atoms with Crippen molar-refractivity contribution in [3.63, 3.8) is 0 Å². The third kappa shape index (κ3) is 4.28. The van der Waals surface area contributed by atoms with Crippen LogP contribution in [0, 0.1) is 0 Å². The number of furan rings is 1. The molecule has 0 aliphatic rings. The summed E-state index contributed by atoms with van der Waals surface area (Å²) < 4.78 is 9.70. The minimum Gasteiger partial charge on any atom is -0.480 e. The van der Waals surface area contributed by atoms with Crippen LogP contribution in [-0.4, -0.2) is 36.7 Å². The van der Waals surface area contributed by atoms with Crippen LogP contribution in [0.2, 0.25) is 0 Å². The predicted molar refractivity (Wildman–Crippen MR) is 58.7 cm³/mol. The van der Waals surface area contributed by atoms with Gasteiger partial charge in [0.2, 0.25) is 0 Å². The Labute approximate surface area is 98.6 Å². The van der Waals surface area contributed by atoms with Gasteiger partial charge in [-0.25, -0.2) is 4.79 Å². The molecule has 6 heteroatoms. The maximum Gasteiger partial charge on any atom is 0.326 e. The van der Waals surface area contributed by atoms with Crippen molar-refractivity contribution in [2.24, 2.45) is 0 Å². The number of hydrogen-bond donors (Lipinski definition) is 2. The van der Waals surface area contributed by atoms with E-state index in [0.29, 0.717) is 19.4 Å². The number of amides is 1. The summed E-state index contributed by atoms with van der Waals surface area (Å²) in [6.07, 6.45) is 2.23. The second-order valence-electron chi connectivity index (χ2n) is 3.48. The van der Waals surface area contributed by atoms with E-state index in [-0.39, 0.29) is 5.76 Å². The monoisotopic (exact) mass is 241 g/mol. The fourth-order valence-corrected chi connectivity index (χ4v) is 1.33. The third-order valence-corrected chi connectivity index (χ3v) is 2.19. The molecule has 1 heterocycles. The van der Waals surface area contributed by atoms with Gasteiger partial charge in [-0.15, -0.1) is 0 Å². The number of ether oxygens (including phenoxy) is 1. The number of carboxylic acids is 1. The van der Waals surface area contributed by atoms with Crippen LogP contribution in [0.3, 0.4) is 0 Å². The molecule has 1 unspecified atom stereocenters. The number of nitrogens with one attached hydrogen (secondary N) is 1. The maximum atomic E-state index is 11.6. The third-order valence-electron chi connectivity index (χ3n) is 2.19. The molecular weight excluding hydrogens is 226 g/mol. The van der Waals surface area contributed by atoms with E-state index in [2.05, 4.69) is 5.32 Å². The Bertz CT molecular complexity index is 360. The molecule has 0 aliphatic carbocycles. The van der Waals surface area contributed by atoms with Crippen LogP contribution in [0.15, 0.2) is 22.8 Å². The SMILES string of the molecule is COCCCC(NC(=O)c1ccco1)C(=O)O. The number of hydrogen-bond acceptors (Lipinski definition) is 4. The van der Waals surface area contributed by atoms with Crippen LogP contribution in [0.5, 0.6) is 0 Å². The van der Waals surface area contributed by atoms with Crippen molar-refractivity contribution < 1.29 is 23.8 Å². The van der Waals surface area contributed by atoms with Crippen LogP contribution in [0.1, 0.15) is 23.4 Å². The summed E-state index contributed by atoms with van der Waals surface area (Å²) >= 11 is 0. The van der Waals surface area contributed by atoms with E-state index in [4.69, 9.17) is 14.3 Å². The average Bonchev–Trinajstić information content (AvgIpc) is 2.81. The lowest BCUT2D eigenvalue weighted by atomic mass is 10.1. The van der Waals surface area contributed by atoms with Crippen LogP contribution < -0.4 is 5.32 Å². The number of methoxy groups -OCH3 is 1. The first-order chi connectivity index (χ1) is 8.15. The second-order valence-corrected chi connectivity index (χ2v) is 3.48. The highest BCUT2D eigenvalue weighted by molar-refractivity contribution is 5.94. The zero-order chi connectivity index (χ0) is 12.7. The highest BCUT2D eigenvalue weighted by atomic mass is 16.5. The van der Waals surface area contributed by atoms with Gasteiger partial charge in [0.25, 0.3) is 5.91 Å². The van der Waals surface area contributed by atoms with Crippen molar-refractivity contribution in [1.82, 2.24) is 5.32 Å². The molecule has 17 heavy (non-hydrogen) atoms. The second kappa shape index (κ2) is 6.70. The Morgan fingerprint density at radius 2 is 2.35 bits per heavy atom. The Morgan fingerprint density at radius 3 is 2.88 bits per heavy atom. The number of rotatable bonds is 7. The minimum atomic E-state index is -1.07. The number of carbonyl (C=O) groups is 2. The molecule has 0 aromatic carbocycles. The van der Waals surface area contributed by atoms with Crippen molar-refractivity contribution in [1.29, 1.82) is 0 Å². The molecule has 2 N–H and O–H groups in total. The van der Waals surface area contributed by atoms with Gasteiger partial charge in [0, 0.05) is 13.7 Å². The molecule has 1 aromatic rings. The zero-order valence-corrected chi connectivity index (χ0v) is 9.51. The Hall–Kier alpha value is -1.82. The Kier molecular flexibility index (Phi) is 5.22. The molecule has 1 amide bonds. The van der Waals surface area contributed by atoms with Crippen molar-refractivity contribution >= 4 is 11.9 Å².